The van der Waals surface area contributed by atoms with E-state index in [1.165, 1.54) is 25.3 Å². The molecule has 0 saturated carbocycles. The van der Waals surface area contributed by atoms with Crippen molar-refractivity contribution < 1.29 is 27.6 Å². The van der Waals surface area contributed by atoms with E-state index in [9.17, 15) is 18.5 Å². The second-order valence-electron chi connectivity index (χ2n) is 3.80. The first-order valence-electron chi connectivity index (χ1n) is 5.79. The number of nitro groups is 1. The Labute approximate surface area is 126 Å². The van der Waals surface area contributed by atoms with Gasteiger partial charge in [0.1, 0.15) is 6.61 Å². The van der Waals surface area contributed by atoms with Crippen molar-refractivity contribution in [2.24, 2.45) is 0 Å². The van der Waals surface area contributed by atoms with Gasteiger partial charge >= 0.3 is 0 Å². The molecule has 0 aliphatic carbocycles. The summed E-state index contributed by atoms with van der Waals surface area (Å²) in [5, 5.41) is 10.6. The zero-order chi connectivity index (χ0) is 15.9. The molecule has 21 heavy (non-hydrogen) atoms. The minimum Gasteiger partial charge on any atom is -0.493 e. The van der Waals surface area contributed by atoms with Crippen LogP contribution in [0.25, 0.3) is 0 Å². The molecule has 0 radical (unpaired) electrons. The van der Waals surface area contributed by atoms with Gasteiger partial charge in [-0.15, -0.1) is 0 Å². The molecule has 0 atom stereocenters. The molecule has 0 amide bonds. The Morgan fingerprint density at radius 3 is 2.52 bits per heavy atom. The van der Waals surface area contributed by atoms with Crippen molar-refractivity contribution in [2.75, 3.05) is 32.7 Å². The predicted octanol–water partition coefficient (Wildman–Crippen LogP) is 1.57. The third-order valence-corrected chi connectivity index (χ3v) is 3.43. The van der Waals surface area contributed by atoms with Gasteiger partial charge in [-0.3, -0.25) is 10.1 Å². The van der Waals surface area contributed by atoms with Crippen molar-refractivity contribution in [3.63, 3.8) is 0 Å². The lowest BCUT2D eigenvalue weighted by molar-refractivity contribution is -0.384. The normalized spacial score (nSPS) is 11.1. The van der Waals surface area contributed by atoms with Crippen LogP contribution < -0.4 is 9.47 Å². The fraction of sp³-hybridized carbons (Fsp3) is 0.455. The van der Waals surface area contributed by atoms with Crippen molar-refractivity contribution in [1.29, 1.82) is 0 Å². The van der Waals surface area contributed by atoms with Gasteiger partial charge in [0, 0.05) is 16.7 Å². The summed E-state index contributed by atoms with van der Waals surface area (Å²) in [7, 11) is 2.82. The first-order chi connectivity index (χ1) is 9.83. The number of non-ortho nitro benzene ring substituents is 1. The van der Waals surface area contributed by atoms with Crippen LogP contribution in [0.3, 0.4) is 0 Å². The molecular weight excluding hydrogens is 326 g/mol. The zero-order valence-corrected chi connectivity index (χ0v) is 12.7. The van der Waals surface area contributed by atoms with E-state index in [0.717, 1.165) is 0 Å². The summed E-state index contributed by atoms with van der Waals surface area (Å²) >= 11 is 0. The van der Waals surface area contributed by atoms with Gasteiger partial charge in [0.05, 0.1) is 37.1 Å². The number of rotatable bonds is 9. The first-order valence-corrected chi connectivity index (χ1v) is 8.26. The van der Waals surface area contributed by atoms with E-state index in [0.29, 0.717) is 5.75 Å². The van der Waals surface area contributed by atoms with E-state index in [4.69, 9.17) is 24.9 Å². The van der Waals surface area contributed by atoms with Crippen LogP contribution in [-0.4, -0.2) is 46.0 Å². The lowest BCUT2D eigenvalue weighted by Gasteiger charge is -2.10. The maximum atomic E-state index is 10.6. The maximum Gasteiger partial charge on any atom is 0.273 e. The zero-order valence-electron chi connectivity index (χ0n) is 11.2. The molecular formula is C11H14ClNO7S. The quantitative estimate of drug-likeness (QED) is 0.291. The summed E-state index contributed by atoms with van der Waals surface area (Å²) in [6.07, 6.45) is 0. The fourth-order valence-electron chi connectivity index (χ4n) is 1.36. The topological polar surface area (TPSA) is 105 Å². The van der Waals surface area contributed by atoms with Gasteiger partial charge in [-0.1, -0.05) is 0 Å². The van der Waals surface area contributed by atoms with Crippen molar-refractivity contribution in [1.82, 2.24) is 0 Å². The molecule has 8 nitrogen and oxygen atoms in total. The maximum absolute atomic E-state index is 10.6. The van der Waals surface area contributed by atoms with Crippen LogP contribution in [0.1, 0.15) is 0 Å². The molecule has 0 bridgehead atoms. The van der Waals surface area contributed by atoms with Crippen LogP contribution in [0.15, 0.2) is 18.2 Å². The Morgan fingerprint density at radius 2 is 1.95 bits per heavy atom. The summed E-state index contributed by atoms with van der Waals surface area (Å²) in [6, 6.07) is 3.95. The van der Waals surface area contributed by atoms with Gasteiger partial charge in [-0.25, -0.2) is 8.42 Å². The Hall–Kier alpha value is -1.58. The van der Waals surface area contributed by atoms with Gasteiger partial charge in [0.25, 0.3) is 5.69 Å². The van der Waals surface area contributed by atoms with Gasteiger partial charge < -0.3 is 14.2 Å². The van der Waals surface area contributed by atoms with Gasteiger partial charge in [0.2, 0.25) is 9.05 Å². The van der Waals surface area contributed by atoms with E-state index in [-0.39, 0.29) is 37.0 Å². The smallest absolute Gasteiger partial charge is 0.273 e. The number of benzene rings is 1. The molecule has 0 fully saturated rings. The molecule has 0 N–H and O–H groups in total. The fourth-order valence-corrected chi connectivity index (χ4v) is 1.87. The summed E-state index contributed by atoms with van der Waals surface area (Å²) < 4.78 is 36.6. The summed E-state index contributed by atoms with van der Waals surface area (Å²) in [5.74, 6) is 0.277. The summed E-state index contributed by atoms with van der Waals surface area (Å²) in [4.78, 5) is 10.1. The van der Waals surface area contributed by atoms with Crippen molar-refractivity contribution in [3.05, 3.63) is 28.3 Å². The molecule has 0 saturated heterocycles. The highest BCUT2D eigenvalue weighted by atomic mass is 35.7. The third kappa shape index (κ3) is 6.61. The van der Waals surface area contributed by atoms with E-state index in [2.05, 4.69) is 0 Å². The lowest BCUT2D eigenvalue weighted by atomic mass is 10.3. The molecule has 1 aromatic carbocycles. The Kier molecular flexibility index (Phi) is 6.66. The molecule has 118 valence electrons. The molecule has 1 rings (SSSR count). The Morgan fingerprint density at radius 1 is 1.24 bits per heavy atom. The molecule has 0 spiro atoms. The molecule has 0 heterocycles. The second-order valence-corrected chi connectivity index (χ2v) is 6.69. The number of ether oxygens (including phenoxy) is 3. The highest BCUT2D eigenvalue weighted by Crippen LogP contribution is 2.30. The van der Waals surface area contributed by atoms with Gasteiger partial charge in [0.15, 0.2) is 11.5 Å². The molecule has 0 aliphatic rings. The average molecular weight is 340 g/mol. The average Bonchev–Trinajstić information content (AvgIpc) is 2.41. The number of methoxy groups -OCH3 is 1. The Balaban J connectivity index is 2.43. The third-order valence-electron chi connectivity index (χ3n) is 2.31. The number of nitro benzene ring substituents is 1. The number of halogens is 1. The predicted molar refractivity (Wildman–Crippen MR) is 75.6 cm³/mol. The molecule has 1 aromatic rings. The summed E-state index contributed by atoms with van der Waals surface area (Å²) in [6.45, 7) is 0.246. The monoisotopic (exact) mass is 339 g/mol. The van der Waals surface area contributed by atoms with Crippen LogP contribution in [0.2, 0.25) is 0 Å². The number of hydrogen-bond donors (Lipinski definition) is 0. The van der Waals surface area contributed by atoms with Crippen LogP contribution in [0.5, 0.6) is 11.5 Å². The van der Waals surface area contributed by atoms with Crippen LogP contribution in [0.4, 0.5) is 5.69 Å². The van der Waals surface area contributed by atoms with Crippen LogP contribution in [-0.2, 0) is 13.8 Å². The van der Waals surface area contributed by atoms with E-state index in [1.807, 2.05) is 0 Å². The largest absolute Gasteiger partial charge is 0.493 e. The molecule has 0 unspecified atom stereocenters. The van der Waals surface area contributed by atoms with Crippen molar-refractivity contribution in [2.45, 2.75) is 0 Å². The van der Waals surface area contributed by atoms with E-state index in [1.54, 1.807) is 0 Å². The van der Waals surface area contributed by atoms with Crippen molar-refractivity contribution >= 4 is 25.4 Å². The molecule has 0 aliphatic heterocycles. The van der Waals surface area contributed by atoms with Gasteiger partial charge in [-0.2, -0.15) is 0 Å². The first kappa shape index (κ1) is 17.5. The van der Waals surface area contributed by atoms with E-state index < -0.39 is 14.0 Å². The highest BCUT2D eigenvalue weighted by Gasteiger charge is 2.12. The van der Waals surface area contributed by atoms with Crippen LogP contribution in [0, 0.1) is 10.1 Å². The highest BCUT2D eigenvalue weighted by molar-refractivity contribution is 8.13. The van der Waals surface area contributed by atoms with Gasteiger partial charge in [-0.05, 0) is 6.07 Å². The Bertz CT molecular complexity index is 590. The number of nitrogens with zero attached hydrogens (tertiary/aromatic N) is 1. The minimum atomic E-state index is -3.56. The molecule has 10 heteroatoms. The summed E-state index contributed by atoms with van der Waals surface area (Å²) in [5.41, 5.74) is -0.109. The standard InChI is InChI=1S/C11H14ClNO7S/c1-18-11-8-9(13(14)15)2-3-10(11)20-5-4-19-6-7-21(12,16)17/h2-3,8H,4-7H2,1H3. The number of hydrogen-bond acceptors (Lipinski definition) is 7. The lowest BCUT2D eigenvalue weighted by Crippen LogP contribution is -2.12. The van der Waals surface area contributed by atoms with E-state index >= 15 is 0 Å². The second kappa shape index (κ2) is 8.01. The van der Waals surface area contributed by atoms with Crippen molar-refractivity contribution in [3.8, 4) is 11.5 Å². The van der Waals surface area contributed by atoms with Crippen LogP contribution >= 0.6 is 10.7 Å². The molecule has 0 aromatic heterocycles. The minimum absolute atomic E-state index is 0.0351. The SMILES string of the molecule is COc1cc([N+](=O)[O-])ccc1OCCOCCS(=O)(=O)Cl.